The zero-order chi connectivity index (χ0) is 9.19. The summed E-state index contributed by atoms with van der Waals surface area (Å²) in [6.45, 7) is 0.958. The Morgan fingerprint density at radius 1 is 1.67 bits per heavy atom. The number of hydrogen-bond donors (Lipinski definition) is 0. The number of carbonyl (C=O) groups excluding carboxylic acids is 1. The van der Waals surface area contributed by atoms with E-state index in [-0.39, 0.29) is 11.7 Å². The lowest BCUT2D eigenvalue weighted by Crippen LogP contribution is -2.29. The highest BCUT2D eigenvalue weighted by molar-refractivity contribution is 8.00. The second-order valence-electron chi connectivity index (χ2n) is 3.10. The molecule has 1 saturated heterocycles. The van der Waals surface area contributed by atoms with E-state index in [0.717, 1.165) is 25.5 Å². The molecule has 0 aromatic carbocycles. The Bertz CT molecular complexity index is 176. The van der Waals surface area contributed by atoms with Crippen molar-refractivity contribution in [3.05, 3.63) is 0 Å². The lowest BCUT2D eigenvalue weighted by atomic mass is 10.1. The molecule has 1 aliphatic heterocycles. The zero-order valence-corrected chi connectivity index (χ0v) is 7.79. The summed E-state index contributed by atoms with van der Waals surface area (Å²) in [4.78, 5) is 10.5. The van der Waals surface area contributed by atoms with Crippen molar-refractivity contribution in [3.8, 4) is 0 Å². The highest BCUT2D eigenvalue weighted by atomic mass is 32.2. The van der Waals surface area contributed by atoms with E-state index >= 15 is 0 Å². The second kappa shape index (κ2) is 3.73. The van der Waals surface area contributed by atoms with E-state index in [1.807, 2.05) is 0 Å². The van der Waals surface area contributed by atoms with E-state index in [4.69, 9.17) is 0 Å². The fraction of sp³-hybridized carbons (Fsp3) is 0.875. The molecule has 0 amide bonds. The minimum Gasteiger partial charge on any atom is -0.293 e. The van der Waals surface area contributed by atoms with Crippen LogP contribution in [0.4, 0.5) is 8.78 Å². The predicted molar refractivity (Wildman–Crippen MR) is 45.7 cm³/mol. The number of halogens is 2. The third-order valence-electron chi connectivity index (χ3n) is 2.02. The first kappa shape index (κ1) is 9.96. The van der Waals surface area contributed by atoms with Crippen molar-refractivity contribution in [2.45, 2.75) is 37.4 Å². The lowest BCUT2D eigenvalue weighted by Gasteiger charge is -2.16. The Kier molecular flexibility index (Phi) is 3.09. The van der Waals surface area contributed by atoms with Crippen molar-refractivity contribution in [2.75, 3.05) is 5.75 Å². The normalized spacial score (nSPS) is 24.4. The summed E-state index contributed by atoms with van der Waals surface area (Å²) in [5, 5.41) is -0.0103. The Morgan fingerprint density at radius 2 is 2.33 bits per heavy atom. The topological polar surface area (TPSA) is 17.1 Å². The van der Waals surface area contributed by atoms with E-state index in [0.29, 0.717) is 0 Å². The summed E-state index contributed by atoms with van der Waals surface area (Å²) in [6, 6.07) is 0. The van der Waals surface area contributed by atoms with Gasteiger partial charge in [-0.1, -0.05) is 0 Å². The predicted octanol–water partition coefficient (Wildman–Crippen LogP) is 2.50. The molecule has 70 valence electrons. The van der Waals surface area contributed by atoms with Crippen LogP contribution in [0.15, 0.2) is 0 Å². The van der Waals surface area contributed by atoms with Gasteiger partial charge in [-0.2, -0.15) is 20.5 Å². The van der Waals surface area contributed by atoms with Crippen LogP contribution in [0.1, 0.15) is 26.2 Å². The van der Waals surface area contributed by atoms with Crippen molar-refractivity contribution < 1.29 is 13.6 Å². The minimum atomic E-state index is -3.10. The van der Waals surface area contributed by atoms with Gasteiger partial charge in [-0.25, -0.2) is 0 Å². The van der Waals surface area contributed by atoms with Crippen LogP contribution in [0.25, 0.3) is 0 Å². The van der Waals surface area contributed by atoms with Crippen LogP contribution in [-0.2, 0) is 4.79 Å². The van der Waals surface area contributed by atoms with Gasteiger partial charge >= 0.3 is 5.92 Å². The number of alkyl halides is 2. The van der Waals surface area contributed by atoms with Crippen LogP contribution in [0.5, 0.6) is 0 Å². The van der Waals surface area contributed by atoms with Crippen LogP contribution < -0.4 is 0 Å². The van der Waals surface area contributed by atoms with Gasteiger partial charge in [0.1, 0.15) is 0 Å². The molecule has 0 radical (unpaired) electrons. The SMILES string of the molecule is CC(=O)C(F)(F)CC1CCCS1. The summed E-state index contributed by atoms with van der Waals surface area (Å²) < 4.78 is 25.7. The molecule has 0 aliphatic carbocycles. The average Bonchev–Trinajstić information content (AvgIpc) is 2.38. The highest BCUT2D eigenvalue weighted by Crippen LogP contribution is 2.34. The number of carbonyl (C=O) groups is 1. The van der Waals surface area contributed by atoms with Gasteiger partial charge in [0.05, 0.1) is 0 Å². The largest absolute Gasteiger partial charge is 0.306 e. The van der Waals surface area contributed by atoms with Crippen molar-refractivity contribution >= 4 is 17.5 Å². The van der Waals surface area contributed by atoms with E-state index in [1.54, 1.807) is 11.8 Å². The minimum absolute atomic E-state index is 0.0103. The zero-order valence-electron chi connectivity index (χ0n) is 6.98. The molecule has 1 fully saturated rings. The smallest absolute Gasteiger partial charge is 0.293 e. The first-order valence-corrected chi connectivity index (χ1v) is 5.08. The molecule has 1 rings (SSSR count). The van der Waals surface area contributed by atoms with E-state index in [9.17, 15) is 13.6 Å². The molecule has 1 unspecified atom stereocenters. The maximum Gasteiger partial charge on any atom is 0.306 e. The standard InChI is InChI=1S/C8H12F2OS/c1-6(11)8(9,10)5-7-3-2-4-12-7/h7H,2-5H2,1H3. The van der Waals surface area contributed by atoms with Crippen molar-refractivity contribution in [1.29, 1.82) is 0 Å². The fourth-order valence-electron chi connectivity index (χ4n) is 1.23. The molecule has 0 spiro atoms. The Hall–Kier alpha value is -0.120. The van der Waals surface area contributed by atoms with Gasteiger partial charge in [0.2, 0.25) is 0 Å². The molecular weight excluding hydrogens is 182 g/mol. The summed E-state index contributed by atoms with van der Waals surface area (Å²) in [5.74, 6) is -3.14. The second-order valence-corrected chi connectivity index (χ2v) is 4.51. The molecule has 1 nitrogen and oxygen atoms in total. The van der Waals surface area contributed by atoms with Gasteiger partial charge in [0.25, 0.3) is 0 Å². The third kappa shape index (κ3) is 2.44. The van der Waals surface area contributed by atoms with Crippen LogP contribution in [0, 0.1) is 0 Å². The molecule has 0 aromatic heterocycles. The molecule has 4 heteroatoms. The fourth-order valence-corrected chi connectivity index (χ4v) is 2.56. The maximum atomic E-state index is 12.8. The van der Waals surface area contributed by atoms with Crippen LogP contribution in [0.3, 0.4) is 0 Å². The van der Waals surface area contributed by atoms with Gasteiger partial charge in [-0.15, -0.1) is 0 Å². The van der Waals surface area contributed by atoms with E-state index in [2.05, 4.69) is 0 Å². The first-order chi connectivity index (χ1) is 5.52. The number of rotatable bonds is 3. The van der Waals surface area contributed by atoms with Crippen LogP contribution in [-0.4, -0.2) is 22.7 Å². The molecule has 12 heavy (non-hydrogen) atoms. The molecule has 0 bridgehead atoms. The van der Waals surface area contributed by atoms with Crippen molar-refractivity contribution in [1.82, 2.24) is 0 Å². The molecule has 0 saturated carbocycles. The first-order valence-electron chi connectivity index (χ1n) is 4.03. The lowest BCUT2D eigenvalue weighted by molar-refractivity contribution is -0.141. The third-order valence-corrected chi connectivity index (χ3v) is 3.42. The number of hydrogen-bond acceptors (Lipinski definition) is 2. The molecule has 1 aliphatic rings. The van der Waals surface area contributed by atoms with Gasteiger partial charge in [0.15, 0.2) is 5.78 Å². The number of ketones is 1. The van der Waals surface area contributed by atoms with Gasteiger partial charge in [-0.3, -0.25) is 4.79 Å². The molecule has 1 heterocycles. The molecular formula is C8H12F2OS. The number of Topliss-reactive ketones (excluding diaryl/α,β-unsaturated/α-hetero) is 1. The van der Waals surface area contributed by atoms with Crippen molar-refractivity contribution in [3.63, 3.8) is 0 Å². The highest BCUT2D eigenvalue weighted by Gasteiger charge is 2.38. The van der Waals surface area contributed by atoms with E-state index < -0.39 is 11.7 Å². The quantitative estimate of drug-likeness (QED) is 0.686. The van der Waals surface area contributed by atoms with Crippen LogP contribution in [0.2, 0.25) is 0 Å². The van der Waals surface area contributed by atoms with Gasteiger partial charge in [0, 0.05) is 18.6 Å². The molecule has 0 aromatic rings. The van der Waals surface area contributed by atoms with E-state index in [1.165, 1.54) is 0 Å². The average molecular weight is 194 g/mol. The van der Waals surface area contributed by atoms with Gasteiger partial charge < -0.3 is 0 Å². The summed E-state index contributed by atoms with van der Waals surface area (Å²) in [6.07, 6.45) is 1.56. The molecule has 1 atom stereocenters. The summed E-state index contributed by atoms with van der Waals surface area (Å²) in [5.41, 5.74) is 0. The maximum absolute atomic E-state index is 12.8. The monoisotopic (exact) mass is 194 g/mol. The summed E-state index contributed by atoms with van der Waals surface area (Å²) in [7, 11) is 0. The Balaban J connectivity index is 2.42. The Morgan fingerprint density at radius 3 is 2.75 bits per heavy atom. The van der Waals surface area contributed by atoms with Crippen LogP contribution >= 0.6 is 11.8 Å². The number of thioether (sulfide) groups is 1. The van der Waals surface area contributed by atoms with Crippen molar-refractivity contribution in [2.24, 2.45) is 0 Å². The van der Waals surface area contributed by atoms with Gasteiger partial charge in [-0.05, 0) is 18.6 Å². The molecule has 0 N–H and O–H groups in total. The summed E-state index contributed by atoms with van der Waals surface area (Å²) >= 11 is 1.55. The Labute approximate surface area is 74.9 Å².